The third kappa shape index (κ3) is 3.90. The number of hydrazine groups is 1. The SMILES string of the molecule is O=C(NCc1ccc(F)cc1F)C1CC(c2ccc(Cl)cc2)NN1. The van der Waals surface area contributed by atoms with Gasteiger partial charge in [-0.25, -0.2) is 19.6 Å². The molecule has 1 saturated heterocycles. The smallest absolute Gasteiger partial charge is 0.238 e. The zero-order valence-corrected chi connectivity index (χ0v) is 13.4. The molecule has 0 bridgehead atoms. The second-order valence-corrected chi connectivity index (χ2v) is 6.07. The predicted molar refractivity (Wildman–Crippen MR) is 87.1 cm³/mol. The summed E-state index contributed by atoms with van der Waals surface area (Å²) in [5, 5.41) is 3.31. The highest BCUT2D eigenvalue weighted by Crippen LogP contribution is 2.23. The minimum atomic E-state index is -0.674. The first kappa shape index (κ1) is 16.8. The molecule has 2 aromatic carbocycles. The molecule has 1 amide bonds. The summed E-state index contributed by atoms with van der Waals surface area (Å²) in [4.78, 5) is 12.2. The number of hydrogen-bond donors (Lipinski definition) is 3. The zero-order valence-electron chi connectivity index (χ0n) is 12.7. The Hall–Kier alpha value is -2.02. The first-order chi connectivity index (χ1) is 11.5. The summed E-state index contributed by atoms with van der Waals surface area (Å²) in [5.41, 5.74) is 7.25. The summed E-state index contributed by atoms with van der Waals surface area (Å²) in [7, 11) is 0. The van der Waals surface area contributed by atoms with Crippen molar-refractivity contribution in [2.24, 2.45) is 0 Å². The molecule has 0 radical (unpaired) electrons. The number of rotatable bonds is 4. The van der Waals surface area contributed by atoms with Crippen LogP contribution < -0.4 is 16.2 Å². The van der Waals surface area contributed by atoms with Gasteiger partial charge in [0.1, 0.15) is 17.7 Å². The van der Waals surface area contributed by atoms with Crippen LogP contribution in [0.3, 0.4) is 0 Å². The lowest BCUT2D eigenvalue weighted by Gasteiger charge is -2.11. The van der Waals surface area contributed by atoms with E-state index in [1.807, 2.05) is 12.1 Å². The maximum absolute atomic E-state index is 13.6. The molecule has 3 N–H and O–H groups in total. The molecular formula is C17H16ClF2N3O. The van der Waals surface area contributed by atoms with Crippen molar-refractivity contribution in [1.82, 2.24) is 16.2 Å². The van der Waals surface area contributed by atoms with E-state index in [1.165, 1.54) is 6.07 Å². The van der Waals surface area contributed by atoms with Crippen LogP contribution in [-0.4, -0.2) is 11.9 Å². The van der Waals surface area contributed by atoms with E-state index in [0.717, 1.165) is 17.7 Å². The summed E-state index contributed by atoms with van der Waals surface area (Å²) in [6, 6.07) is 10.2. The molecule has 0 aliphatic carbocycles. The second kappa shape index (κ2) is 7.25. The van der Waals surface area contributed by atoms with E-state index in [-0.39, 0.29) is 24.1 Å². The van der Waals surface area contributed by atoms with Crippen molar-refractivity contribution < 1.29 is 13.6 Å². The largest absolute Gasteiger partial charge is 0.351 e. The van der Waals surface area contributed by atoms with Gasteiger partial charge < -0.3 is 5.32 Å². The molecule has 0 spiro atoms. The first-order valence-electron chi connectivity index (χ1n) is 7.51. The Kier molecular flexibility index (Phi) is 5.08. The van der Waals surface area contributed by atoms with Crippen molar-refractivity contribution in [3.05, 3.63) is 70.2 Å². The highest BCUT2D eigenvalue weighted by molar-refractivity contribution is 6.30. The maximum Gasteiger partial charge on any atom is 0.238 e. The fourth-order valence-electron chi connectivity index (χ4n) is 2.61. The van der Waals surface area contributed by atoms with Gasteiger partial charge in [-0.2, -0.15) is 0 Å². The minimum Gasteiger partial charge on any atom is -0.351 e. The third-order valence-electron chi connectivity index (χ3n) is 3.96. The van der Waals surface area contributed by atoms with E-state index in [4.69, 9.17) is 11.6 Å². The monoisotopic (exact) mass is 351 g/mol. The molecule has 0 saturated carbocycles. The van der Waals surface area contributed by atoms with Crippen LogP contribution in [-0.2, 0) is 11.3 Å². The zero-order chi connectivity index (χ0) is 17.1. The van der Waals surface area contributed by atoms with E-state index in [1.54, 1.807) is 12.1 Å². The number of carbonyl (C=O) groups excluding carboxylic acids is 1. The molecule has 1 aliphatic rings. The highest BCUT2D eigenvalue weighted by atomic mass is 35.5. The Morgan fingerprint density at radius 3 is 2.62 bits per heavy atom. The molecule has 126 valence electrons. The summed E-state index contributed by atoms with van der Waals surface area (Å²) < 4.78 is 26.4. The summed E-state index contributed by atoms with van der Waals surface area (Å²) in [6.07, 6.45) is 0.555. The van der Waals surface area contributed by atoms with Crippen molar-refractivity contribution in [2.45, 2.75) is 25.0 Å². The molecule has 1 fully saturated rings. The maximum atomic E-state index is 13.6. The Labute approximate surface area is 143 Å². The lowest BCUT2D eigenvalue weighted by molar-refractivity contribution is -0.123. The molecule has 7 heteroatoms. The second-order valence-electron chi connectivity index (χ2n) is 5.63. The molecule has 1 aliphatic heterocycles. The predicted octanol–water partition coefficient (Wildman–Crippen LogP) is 2.84. The van der Waals surface area contributed by atoms with Crippen molar-refractivity contribution in [3.63, 3.8) is 0 Å². The van der Waals surface area contributed by atoms with E-state index >= 15 is 0 Å². The summed E-state index contributed by atoms with van der Waals surface area (Å²) in [6.45, 7) is 0.00867. The molecular weight excluding hydrogens is 336 g/mol. The van der Waals surface area contributed by atoms with Gasteiger partial charge in [-0.15, -0.1) is 0 Å². The number of benzene rings is 2. The molecule has 4 nitrogen and oxygen atoms in total. The van der Waals surface area contributed by atoms with Crippen molar-refractivity contribution >= 4 is 17.5 Å². The molecule has 1 heterocycles. The topological polar surface area (TPSA) is 53.2 Å². The number of nitrogens with one attached hydrogen (secondary N) is 3. The molecule has 2 unspecified atom stereocenters. The van der Waals surface area contributed by atoms with Gasteiger partial charge in [-0.1, -0.05) is 29.8 Å². The normalized spacial score (nSPS) is 20.1. The average molecular weight is 352 g/mol. The van der Waals surface area contributed by atoms with Crippen LogP contribution in [0.15, 0.2) is 42.5 Å². The molecule has 2 atom stereocenters. The van der Waals surface area contributed by atoms with Gasteiger partial charge in [0.25, 0.3) is 0 Å². The van der Waals surface area contributed by atoms with E-state index < -0.39 is 17.7 Å². The van der Waals surface area contributed by atoms with Gasteiger partial charge in [-0.3, -0.25) is 4.79 Å². The first-order valence-corrected chi connectivity index (χ1v) is 7.89. The molecule has 0 aromatic heterocycles. The Morgan fingerprint density at radius 2 is 1.92 bits per heavy atom. The summed E-state index contributed by atoms with van der Waals surface area (Å²) >= 11 is 5.87. The van der Waals surface area contributed by atoms with Crippen LogP contribution in [0.5, 0.6) is 0 Å². The van der Waals surface area contributed by atoms with Gasteiger partial charge in [0.15, 0.2) is 0 Å². The standard InChI is InChI=1S/C17H16ClF2N3O/c18-12-4-1-10(2-5-12)15-8-16(23-22-15)17(24)21-9-11-3-6-13(19)7-14(11)20/h1-7,15-16,22-23H,8-9H2,(H,21,24). The minimum absolute atomic E-state index is 0.00867. The van der Waals surface area contributed by atoms with Gasteiger partial charge in [0.2, 0.25) is 5.91 Å². The molecule has 24 heavy (non-hydrogen) atoms. The van der Waals surface area contributed by atoms with E-state index in [9.17, 15) is 13.6 Å². The van der Waals surface area contributed by atoms with E-state index in [0.29, 0.717) is 11.4 Å². The number of hydrogen-bond acceptors (Lipinski definition) is 3. The number of amides is 1. The van der Waals surface area contributed by atoms with Crippen LogP contribution in [0.25, 0.3) is 0 Å². The molecule has 3 rings (SSSR count). The van der Waals surface area contributed by atoms with E-state index in [2.05, 4.69) is 16.2 Å². The van der Waals surface area contributed by atoms with Crippen LogP contribution in [0.1, 0.15) is 23.6 Å². The van der Waals surface area contributed by atoms with Crippen LogP contribution >= 0.6 is 11.6 Å². The van der Waals surface area contributed by atoms with Crippen molar-refractivity contribution in [2.75, 3.05) is 0 Å². The van der Waals surface area contributed by atoms with Gasteiger partial charge in [-0.05, 0) is 30.2 Å². The fourth-order valence-corrected chi connectivity index (χ4v) is 2.74. The molecule has 2 aromatic rings. The van der Waals surface area contributed by atoms with Crippen molar-refractivity contribution in [1.29, 1.82) is 0 Å². The highest BCUT2D eigenvalue weighted by Gasteiger charge is 2.29. The van der Waals surface area contributed by atoms with Crippen LogP contribution in [0.2, 0.25) is 5.02 Å². The van der Waals surface area contributed by atoms with Gasteiger partial charge >= 0.3 is 0 Å². The van der Waals surface area contributed by atoms with Crippen molar-refractivity contribution in [3.8, 4) is 0 Å². The van der Waals surface area contributed by atoms with Gasteiger partial charge in [0.05, 0.1) is 0 Å². The third-order valence-corrected chi connectivity index (χ3v) is 4.21. The number of carbonyl (C=O) groups is 1. The van der Waals surface area contributed by atoms with Crippen LogP contribution in [0, 0.1) is 11.6 Å². The lowest BCUT2D eigenvalue weighted by Crippen LogP contribution is -2.42. The quantitative estimate of drug-likeness (QED) is 0.794. The fraction of sp³-hybridized carbons (Fsp3) is 0.235. The Morgan fingerprint density at radius 1 is 1.17 bits per heavy atom. The van der Waals surface area contributed by atoms with Crippen LogP contribution in [0.4, 0.5) is 8.78 Å². The Bertz CT molecular complexity index is 739. The number of halogens is 3. The summed E-state index contributed by atoms with van der Waals surface area (Å²) in [5.74, 6) is -1.57. The lowest BCUT2D eigenvalue weighted by atomic mass is 10.0. The Balaban J connectivity index is 1.55. The van der Waals surface area contributed by atoms with Gasteiger partial charge in [0, 0.05) is 29.2 Å². The average Bonchev–Trinajstić information content (AvgIpc) is 3.04.